The predicted octanol–water partition coefficient (Wildman–Crippen LogP) is 2.91. The maximum atomic E-state index is 12.2. The molecule has 2 amide bonds. The Bertz CT molecular complexity index is 717. The van der Waals surface area contributed by atoms with E-state index in [2.05, 4.69) is 10.6 Å². The van der Waals surface area contributed by atoms with Crippen molar-refractivity contribution < 1.29 is 14.0 Å². The lowest BCUT2D eigenvalue weighted by molar-refractivity contribution is 0.0911. The van der Waals surface area contributed by atoms with Crippen molar-refractivity contribution in [1.29, 1.82) is 0 Å². The maximum absolute atomic E-state index is 12.2. The largest absolute Gasteiger partial charge is 0.467 e. The molecule has 6 nitrogen and oxygen atoms in total. The molecule has 0 fully saturated rings. The molecule has 0 bridgehead atoms. The summed E-state index contributed by atoms with van der Waals surface area (Å²) in [5.74, 6) is 0.121. The lowest BCUT2D eigenvalue weighted by Gasteiger charge is -2.24. The van der Waals surface area contributed by atoms with Gasteiger partial charge in [-0.1, -0.05) is 6.92 Å². The molecule has 24 heavy (non-hydrogen) atoms. The quantitative estimate of drug-likeness (QED) is 0.759. The van der Waals surface area contributed by atoms with Crippen LogP contribution in [0.15, 0.2) is 41.0 Å². The summed E-state index contributed by atoms with van der Waals surface area (Å²) < 4.78 is 5.14. The zero-order valence-corrected chi connectivity index (χ0v) is 14.2. The van der Waals surface area contributed by atoms with Gasteiger partial charge in [-0.25, -0.2) is 0 Å². The van der Waals surface area contributed by atoms with Crippen LogP contribution < -0.4 is 16.4 Å². The number of benzene rings is 1. The lowest BCUT2D eigenvalue weighted by Crippen LogP contribution is -2.42. The molecular formula is C18H23N3O3. The summed E-state index contributed by atoms with van der Waals surface area (Å²) in [6, 6.07) is 8.34. The van der Waals surface area contributed by atoms with E-state index in [1.54, 1.807) is 30.3 Å². The standard InChI is InChI=1S/C18H23N3O3/c1-4-18(2,3)21-17(23)12-5-7-14(8-6-12)20-16(22)13-9-15(10-19)24-11-13/h5-9,11H,4,10,19H2,1-3H3,(H,20,22)(H,21,23). The van der Waals surface area contributed by atoms with E-state index in [-0.39, 0.29) is 23.9 Å². The summed E-state index contributed by atoms with van der Waals surface area (Å²) in [4.78, 5) is 24.3. The first-order valence-corrected chi connectivity index (χ1v) is 7.86. The van der Waals surface area contributed by atoms with Gasteiger partial charge in [0.05, 0.1) is 12.1 Å². The van der Waals surface area contributed by atoms with E-state index in [0.717, 1.165) is 6.42 Å². The van der Waals surface area contributed by atoms with Gasteiger partial charge in [-0.2, -0.15) is 0 Å². The van der Waals surface area contributed by atoms with Crippen LogP contribution in [0.5, 0.6) is 0 Å². The van der Waals surface area contributed by atoms with Gasteiger partial charge in [-0.05, 0) is 50.6 Å². The monoisotopic (exact) mass is 329 g/mol. The van der Waals surface area contributed by atoms with Crippen LogP contribution in [0, 0.1) is 0 Å². The van der Waals surface area contributed by atoms with E-state index >= 15 is 0 Å². The van der Waals surface area contributed by atoms with Crippen LogP contribution in [0.2, 0.25) is 0 Å². The SMILES string of the molecule is CCC(C)(C)NC(=O)c1ccc(NC(=O)c2coc(CN)c2)cc1. The third-order valence-corrected chi connectivity index (χ3v) is 3.86. The van der Waals surface area contributed by atoms with Crippen molar-refractivity contribution in [2.45, 2.75) is 39.3 Å². The van der Waals surface area contributed by atoms with Crippen molar-refractivity contribution in [3.05, 3.63) is 53.5 Å². The third-order valence-electron chi connectivity index (χ3n) is 3.86. The Morgan fingerprint density at radius 1 is 1.12 bits per heavy atom. The Balaban J connectivity index is 2.01. The molecule has 1 heterocycles. The van der Waals surface area contributed by atoms with Crippen molar-refractivity contribution in [2.24, 2.45) is 5.73 Å². The van der Waals surface area contributed by atoms with Crippen LogP contribution in [0.25, 0.3) is 0 Å². The van der Waals surface area contributed by atoms with Crippen molar-refractivity contribution in [3.63, 3.8) is 0 Å². The first-order valence-electron chi connectivity index (χ1n) is 7.86. The number of nitrogens with one attached hydrogen (secondary N) is 2. The van der Waals surface area contributed by atoms with Gasteiger partial charge in [-0.15, -0.1) is 0 Å². The van der Waals surface area contributed by atoms with Crippen molar-refractivity contribution in [1.82, 2.24) is 5.32 Å². The second-order valence-corrected chi connectivity index (χ2v) is 6.23. The minimum atomic E-state index is -0.289. The van der Waals surface area contributed by atoms with E-state index < -0.39 is 0 Å². The number of carbonyl (C=O) groups excluding carboxylic acids is 2. The lowest BCUT2D eigenvalue weighted by atomic mass is 10.0. The maximum Gasteiger partial charge on any atom is 0.258 e. The summed E-state index contributed by atoms with van der Waals surface area (Å²) in [6.45, 7) is 6.20. The number of hydrogen-bond acceptors (Lipinski definition) is 4. The molecule has 0 atom stereocenters. The minimum absolute atomic E-state index is 0.137. The second-order valence-electron chi connectivity index (χ2n) is 6.23. The van der Waals surface area contributed by atoms with E-state index in [4.69, 9.17) is 10.2 Å². The molecule has 0 aliphatic heterocycles. The summed E-state index contributed by atoms with van der Waals surface area (Å²) in [5.41, 5.74) is 6.74. The minimum Gasteiger partial charge on any atom is -0.467 e. The van der Waals surface area contributed by atoms with Crippen molar-refractivity contribution in [2.75, 3.05) is 5.32 Å². The number of rotatable bonds is 6. The zero-order chi connectivity index (χ0) is 17.7. The summed E-state index contributed by atoms with van der Waals surface area (Å²) in [6.07, 6.45) is 2.20. The molecule has 0 radical (unpaired) electrons. The summed E-state index contributed by atoms with van der Waals surface area (Å²) in [7, 11) is 0. The molecule has 0 aliphatic carbocycles. The van der Waals surface area contributed by atoms with E-state index in [1.165, 1.54) is 6.26 Å². The average Bonchev–Trinajstić information content (AvgIpc) is 3.04. The highest BCUT2D eigenvalue weighted by Crippen LogP contribution is 2.15. The van der Waals surface area contributed by atoms with Crippen LogP contribution in [0.1, 0.15) is 53.7 Å². The van der Waals surface area contributed by atoms with Gasteiger partial charge in [0.2, 0.25) is 0 Å². The molecular weight excluding hydrogens is 306 g/mol. The molecule has 2 rings (SSSR count). The van der Waals surface area contributed by atoms with Gasteiger partial charge in [0.15, 0.2) is 0 Å². The van der Waals surface area contributed by atoms with E-state index in [9.17, 15) is 9.59 Å². The third kappa shape index (κ3) is 4.45. The smallest absolute Gasteiger partial charge is 0.258 e. The molecule has 1 aromatic heterocycles. The van der Waals surface area contributed by atoms with Gasteiger partial charge in [0.1, 0.15) is 12.0 Å². The Hall–Kier alpha value is -2.60. The van der Waals surface area contributed by atoms with Crippen molar-refractivity contribution in [3.8, 4) is 0 Å². The Morgan fingerprint density at radius 3 is 2.33 bits per heavy atom. The number of amides is 2. The van der Waals surface area contributed by atoms with Crippen LogP contribution in [-0.4, -0.2) is 17.4 Å². The highest BCUT2D eigenvalue weighted by Gasteiger charge is 2.18. The van der Waals surface area contributed by atoms with Gasteiger partial charge in [-0.3, -0.25) is 9.59 Å². The first-order chi connectivity index (χ1) is 11.3. The predicted molar refractivity (Wildman–Crippen MR) is 92.8 cm³/mol. The van der Waals surface area contributed by atoms with E-state index in [1.807, 2.05) is 20.8 Å². The van der Waals surface area contributed by atoms with E-state index in [0.29, 0.717) is 22.6 Å². The van der Waals surface area contributed by atoms with Crippen LogP contribution in [-0.2, 0) is 6.54 Å². The normalized spacial score (nSPS) is 11.2. The fourth-order valence-electron chi connectivity index (χ4n) is 1.98. The molecule has 4 N–H and O–H groups in total. The number of hydrogen-bond donors (Lipinski definition) is 3. The average molecular weight is 329 g/mol. The van der Waals surface area contributed by atoms with Crippen LogP contribution in [0.4, 0.5) is 5.69 Å². The van der Waals surface area contributed by atoms with Gasteiger partial charge >= 0.3 is 0 Å². The van der Waals surface area contributed by atoms with Crippen LogP contribution in [0.3, 0.4) is 0 Å². The number of carbonyl (C=O) groups is 2. The van der Waals surface area contributed by atoms with Gasteiger partial charge < -0.3 is 20.8 Å². The molecule has 128 valence electrons. The van der Waals surface area contributed by atoms with Gasteiger partial charge in [0, 0.05) is 16.8 Å². The molecule has 0 spiro atoms. The topological polar surface area (TPSA) is 97.4 Å². The van der Waals surface area contributed by atoms with Crippen LogP contribution >= 0.6 is 0 Å². The Labute approximate surface area is 141 Å². The fourth-order valence-corrected chi connectivity index (χ4v) is 1.98. The molecule has 0 unspecified atom stereocenters. The Morgan fingerprint density at radius 2 is 1.79 bits per heavy atom. The number of nitrogens with two attached hydrogens (primary N) is 1. The molecule has 0 saturated heterocycles. The Kier molecular flexibility index (Phi) is 5.41. The molecule has 6 heteroatoms. The molecule has 0 aliphatic rings. The second kappa shape index (κ2) is 7.31. The highest BCUT2D eigenvalue weighted by molar-refractivity contribution is 6.04. The number of furan rings is 1. The summed E-state index contributed by atoms with van der Waals surface area (Å²) in [5, 5.41) is 5.72. The fraction of sp³-hybridized carbons (Fsp3) is 0.333. The zero-order valence-electron chi connectivity index (χ0n) is 14.2. The van der Waals surface area contributed by atoms with Gasteiger partial charge in [0.25, 0.3) is 11.8 Å². The van der Waals surface area contributed by atoms with Crippen molar-refractivity contribution >= 4 is 17.5 Å². The number of anilines is 1. The molecule has 1 aromatic carbocycles. The summed E-state index contributed by atoms with van der Waals surface area (Å²) >= 11 is 0. The highest BCUT2D eigenvalue weighted by atomic mass is 16.3. The molecule has 2 aromatic rings. The first kappa shape index (κ1) is 17.7. The molecule has 0 saturated carbocycles.